The van der Waals surface area contributed by atoms with Crippen LogP contribution in [0.15, 0.2) is 52.1 Å². The van der Waals surface area contributed by atoms with Gasteiger partial charge in [0.15, 0.2) is 5.84 Å². The van der Waals surface area contributed by atoms with Gasteiger partial charge in [-0.25, -0.2) is 0 Å². The first-order valence-electron chi connectivity index (χ1n) is 5.62. The predicted molar refractivity (Wildman–Crippen MR) is 77.9 cm³/mol. The number of hydrogen-bond donors (Lipinski definition) is 2. The standard InChI is InChI=1S/C14H13BrN2O2/c1-9-5-6-13(12(7-9)14(16)17-18)19-11-4-2-3-10(15)8-11/h2-8,18H,1H3,(H2,16,17). The second-order valence-corrected chi connectivity index (χ2v) is 4.96. The van der Waals surface area contributed by atoms with Crippen LogP contribution in [0.3, 0.4) is 0 Å². The van der Waals surface area contributed by atoms with Gasteiger partial charge in [0.05, 0.1) is 5.56 Å². The highest BCUT2D eigenvalue weighted by Gasteiger charge is 2.10. The summed E-state index contributed by atoms with van der Waals surface area (Å²) in [7, 11) is 0. The Balaban J connectivity index is 2.40. The first kappa shape index (κ1) is 13.4. The fourth-order valence-electron chi connectivity index (χ4n) is 1.64. The van der Waals surface area contributed by atoms with Crippen molar-refractivity contribution in [2.75, 3.05) is 0 Å². The van der Waals surface area contributed by atoms with E-state index >= 15 is 0 Å². The maximum atomic E-state index is 8.81. The normalized spacial score (nSPS) is 11.4. The van der Waals surface area contributed by atoms with Crippen LogP contribution in [0, 0.1) is 6.92 Å². The third-order valence-corrected chi connectivity index (χ3v) is 3.04. The average Bonchev–Trinajstić information content (AvgIpc) is 2.40. The van der Waals surface area contributed by atoms with Gasteiger partial charge in [0.1, 0.15) is 11.5 Å². The first-order valence-corrected chi connectivity index (χ1v) is 6.41. The minimum Gasteiger partial charge on any atom is -0.457 e. The van der Waals surface area contributed by atoms with Crippen LogP contribution in [0.4, 0.5) is 0 Å². The quantitative estimate of drug-likeness (QED) is 0.392. The van der Waals surface area contributed by atoms with Crippen LogP contribution >= 0.6 is 15.9 Å². The van der Waals surface area contributed by atoms with Crippen molar-refractivity contribution >= 4 is 21.8 Å². The van der Waals surface area contributed by atoms with Gasteiger partial charge in [-0.1, -0.05) is 38.8 Å². The van der Waals surface area contributed by atoms with Crippen LogP contribution in [0.25, 0.3) is 0 Å². The van der Waals surface area contributed by atoms with Gasteiger partial charge >= 0.3 is 0 Å². The highest BCUT2D eigenvalue weighted by molar-refractivity contribution is 9.10. The molecule has 0 radical (unpaired) electrons. The number of hydrogen-bond acceptors (Lipinski definition) is 3. The summed E-state index contributed by atoms with van der Waals surface area (Å²) in [4.78, 5) is 0. The molecule has 4 nitrogen and oxygen atoms in total. The topological polar surface area (TPSA) is 67.8 Å². The van der Waals surface area contributed by atoms with Crippen molar-refractivity contribution in [3.63, 3.8) is 0 Å². The molecule has 0 amide bonds. The number of benzene rings is 2. The second kappa shape index (κ2) is 5.75. The fourth-order valence-corrected chi connectivity index (χ4v) is 2.02. The molecule has 2 aromatic rings. The van der Waals surface area contributed by atoms with Crippen molar-refractivity contribution in [3.8, 4) is 11.5 Å². The van der Waals surface area contributed by atoms with Crippen LogP contribution in [0.2, 0.25) is 0 Å². The van der Waals surface area contributed by atoms with Crippen molar-refractivity contribution in [3.05, 3.63) is 58.1 Å². The lowest BCUT2D eigenvalue weighted by Crippen LogP contribution is -2.14. The summed E-state index contributed by atoms with van der Waals surface area (Å²) < 4.78 is 6.69. The van der Waals surface area contributed by atoms with E-state index in [0.29, 0.717) is 17.1 Å². The zero-order chi connectivity index (χ0) is 13.8. The van der Waals surface area contributed by atoms with E-state index in [9.17, 15) is 0 Å². The molecule has 0 bridgehead atoms. The first-order chi connectivity index (χ1) is 9.10. The summed E-state index contributed by atoms with van der Waals surface area (Å²) in [6.07, 6.45) is 0. The van der Waals surface area contributed by atoms with Gasteiger partial charge in [0, 0.05) is 4.47 Å². The third kappa shape index (κ3) is 3.26. The van der Waals surface area contributed by atoms with Crippen LogP contribution in [0.5, 0.6) is 11.5 Å². The number of oxime groups is 1. The zero-order valence-corrected chi connectivity index (χ0v) is 11.9. The molecule has 0 aliphatic rings. The lowest BCUT2D eigenvalue weighted by molar-refractivity contribution is 0.318. The molecular weight excluding hydrogens is 308 g/mol. The number of nitrogens with two attached hydrogens (primary N) is 1. The van der Waals surface area contributed by atoms with Gasteiger partial charge in [-0.15, -0.1) is 0 Å². The number of ether oxygens (including phenoxy) is 1. The van der Waals surface area contributed by atoms with Gasteiger partial charge < -0.3 is 15.7 Å². The largest absolute Gasteiger partial charge is 0.457 e. The molecule has 3 N–H and O–H groups in total. The highest BCUT2D eigenvalue weighted by atomic mass is 79.9. The number of halogens is 1. The number of rotatable bonds is 3. The van der Waals surface area contributed by atoms with Crippen LogP contribution in [-0.2, 0) is 0 Å². The summed E-state index contributed by atoms with van der Waals surface area (Å²) in [6, 6.07) is 13.0. The fraction of sp³-hybridized carbons (Fsp3) is 0.0714. The van der Waals surface area contributed by atoms with Crippen molar-refractivity contribution < 1.29 is 9.94 Å². The minimum absolute atomic E-state index is 0.0219. The molecule has 0 saturated heterocycles. The van der Waals surface area contributed by atoms with Crippen molar-refractivity contribution in [2.45, 2.75) is 6.92 Å². The van der Waals surface area contributed by atoms with Crippen molar-refractivity contribution in [2.24, 2.45) is 10.9 Å². The average molecular weight is 321 g/mol. The molecule has 0 fully saturated rings. The monoisotopic (exact) mass is 320 g/mol. The summed E-state index contributed by atoms with van der Waals surface area (Å²) in [5, 5.41) is 11.8. The molecule has 0 aliphatic carbocycles. The van der Waals surface area contributed by atoms with E-state index in [1.165, 1.54) is 0 Å². The molecule has 0 saturated carbocycles. The van der Waals surface area contributed by atoms with E-state index in [0.717, 1.165) is 10.0 Å². The van der Waals surface area contributed by atoms with E-state index in [1.807, 2.05) is 43.3 Å². The van der Waals surface area contributed by atoms with Gasteiger partial charge in [-0.3, -0.25) is 0 Å². The van der Waals surface area contributed by atoms with E-state index < -0.39 is 0 Å². The Labute approximate surface area is 119 Å². The zero-order valence-electron chi connectivity index (χ0n) is 10.3. The number of amidine groups is 1. The molecule has 2 rings (SSSR count). The van der Waals surface area contributed by atoms with Gasteiger partial charge in [-0.05, 0) is 37.3 Å². The molecular formula is C14H13BrN2O2. The Hall–Kier alpha value is -2.01. The molecule has 0 heterocycles. The minimum atomic E-state index is 0.0219. The molecule has 98 valence electrons. The third-order valence-electron chi connectivity index (χ3n) is 2.54. The van der Waals surface area contributed by atoms with Gasteiger partial charge in [0.2, 0.25) is 0 Å². The van der Waals surface area contributed by atoms with Crippen molar-refractivity contribution in [1.29, 1.82) is 0 Å². The predicted octanol–water partition coefficient (Wildman–Crippen LogP) is 3.64. The van der Waals surface area contributed by atoms with Crippen molar-refractivity contribution in [1.82, 2.24) is 0 Å². The van der Waals surface area contributed by atoms with Crippen LogP contribution < -0.4 is 10.5 Å². The lowest BCUT2D eigenvalue weighted by Gasteiger charge is -2.11. The SMILES string of the molecule is Cc1ccc(Oc2cccc(Br)c2)c(/C(N)=N/O)c1. The maximum absolute atomic E-state index is 8.81. The molecule has 0 aliphatic heterocycles. The molecule has 19 heavy (non-hydrogen) atoms. The Kier molecular flexibility index (Phi) is 4.06. The highest BCUT2D eigenvalue weighted by Crippen LogP contribution is 2.28. The second-order valence-electron chi connectivity index (χ2n) is 4.04. The lowest BCUT2D eigenvalue weighted by atomic mass is 10.1. The van der Waals surface area contributed by atoms with E-state index in [1.54, 1.807) is 6.07 Å². The smallest absolute Gasteiger partial charge is 0.173 e. The Bertz CT molecular complexity index is 627. The number of aryl methyl sites for hydroxylation is 1. The molecule has 2 aromatic carbocycles. The number of nitrogens with zero attached hydrogens (tertiary/aromatic N) is 1. The summed E-state index contributed by atoms with van der Waals surface area (Å²) in [5.74, 6) is 1.23. The molecule has 0 unspecified atom stereocenters. The van der Waals surface area contributed by atoms with Crippen LogP contribution in [0.1, 0.15) is 11.1 Å². The molecule has 5 heteroatoms. The van der Waals surface area contributed by atoms with E-state index in [-0.39, 0.29) is 5.84 Å². The summed E-state index contributed by atoms with van der Waals surface area (Å²) in [6.45, 7) is 1.93. The Morgan fingerprint density at radius 2 is 2.05 bits per heavy atom. The molecule has 0 atom stereocenters. The summed E-state index contributed by atoms with van der Waals surface area (Å²) in [5.41, 5.74) is 7.22. The molecule has 0 aromatic heterocycles. The van der Waals surface area contributed by atoms with Gasteiger partial charge in [-0.2, -0.15) is 0 Å². The molecule has 0 spiro atoms. The maximum Gasteiger partial charge on any atom is 0.173 e. The Morgan fingerprint density at radius 1 is 1.26 bits per heavy atom. The Morgan fingerprint density at radius 3 is 2.74 bits per heavy atom. The van der Waals surface area contributed by atoms with Gasteiger partial charge in [0.25, 0.3) is 0 Å². The summed E-state index contributed by atoms with van der Waals surface area (Å²) >= 11 is 3.38. The van der Waals surface area contributed by atoms with Crippen LogP contribution in [-0.4, -0.2) is 11.0 Å². The van der Waals surface area contributed by atoms with E-state index in [2.05, 4.69) is 21.1 Å². The van der Waals surface area contributed by atoms with E-state index in [4.69, 9.17) is 15.7 Å².